The zero-order valence-electron chi connectivity index (χ0n) is 26.1. The highest BCUT2D eigenvalue weighted by atomic mass is 16.5. The van der Waals surface area contributed by atoms with Crippen molar-refractivity contribution in [2.45, 2.75) is 59.0 Å². The first-order chi connectivity index (χ1) is 20.5. The van der Waals surface area contributed by atoms with Gasteiger partial charge < -0.3 is 30.2 Å². The topological polar surface area (TPSA) is 133 Å². The zero-order valence-corrected chi connectivity index (χ0v) is 26.1. The second kappa shape index (κ2) is 13.2. The molecule has 0 bridgehead atoms. The lowest BCUT2D eigenvalue weighted by atomic mass is 9.95. The summed E-state index contributed by atoms with van der Waals surface area (Å²) in [4.78, 5) is 39.5. The van der Waals surface area contributed by atoms with Crippen LogP contribution in [0.15, 0.2) is 35.1 Å². The molecule has 3 aromatic rings. The van der Waals surface area contributed by atoms with E-state index in [1.807, 2.05) is 32.9 Å². The van der Waals surface area contributed by atoms with Crippen molar-refractivity contribution >= 4 is 23.3 Å². The van der Waals surface area contributed by atoms with Crippen molar-refractivity contribution in [3.05, 3.63) is 57.4 Å². The number of carbonyl (C=O) groups excluding carboxylic acids is 2. The molecule has 0 radical (unpaired) electrons. The van der Waals surface area contributed by atoms with Gasteiger partial charge >= 0.3 is 0 Å². The summed E-state index contributed by atoms with van der Waals surface area (Å²) in [5.74, 6) is 1.27. The van der Waals surface area contributed by atoms with Crippen LogP contribution in [0.4, 0.5) is 11.5 Å². The first-order valence-corrected chi connectivity index (χ1v) is 14.4. The molecule has 11 heteroatoms. The highest BCUT2D eigenvalue weighted by molar-refractivity contribution is 5.96. The normalized spacial score (nSPS) is 15.2. The Hall–Kier alpha value is -4.54. The van der Waals surface area contributed by atoms with Gasteiger partial charge in [0.05, 0.1) is 33.1 Å². The third-order valence-electron chi connectivity index (χ3n) is 8.09. The molecule has 0 aliphatic heterocycles. The molecule has 3 atom stereocenters. The second-order valence-electron chi connectivity index (χ2n) is 10.9. The average Bonchev–Trinajstić information content (AvgIpc) is 3.11. The largest absolute Gasteiger partial charge is 0.493 e. The van der Waals surface area contributed by atoms with Crippen LogP contribution < -0.4 is 35.6 Å². The molecular formula is C32H41N5O6. The maximum atomic E-state index is 13.8. The van der Waals surface area contributed by atoms with Gasteiger partial charge in [0.15, 0.2) is 17.3 Å². The van der Waals surface area contributed by atoms with Crippen LogP contribution in [-0.4, -0.2) is 49.0 Å². The molecule has 1 aliphatic carbocycles. The lowest BCUT2D eigenvalue weighted by Gasteiger charge is -2.23. The standard InChI is InChI=1S/C32H41N5O6/c1-9-17(2)29(32(40)35-27-14-18(3)37(5)36-27)34-24-13-11-21-22(16-25(24)39)23(33-19(4)38)12-10-20-15-26(41-6)30(42-7)31(43-8)28(20)21/h11,13-17,23,29H,9-10,12H2,1-8H3,(H,33,38)(H,34,39)(H,35,36,40)/t17-,23-,29-/m0/s1. The molecule has 1 aromatic heterocycles. The van der Waals surface area contributed by atoms with E-state index in [0.29, 0.717) is 53.5 Å². The predicted molar refractivity (Wildman–Crippen MR) is 166 cm³/mol. The van der Waals surface area contributed by atoms with Crippen LogP contribution in [0.1, 0.15) is 56.5 Å². The van der Waals surface area contributed by atoms with E-state index in [0.717, 1.165) is 16.8 Å². The van der Waals surface area contributed by atoms with E-state index in [1.165, 1.54) is 13.0 Å². The summed E-state index contributed by atoms with van der Waals surface area (Å²) in [6.07, 6.45) is 1.84. The molecule has 3 N–H and O–H groups in total. The molecule has 0 spiro atoms. The van der Waals surface area contributed by atoms with Gasteiger partial charge in [-0.25, -0.2) is 0 Å². The van der Waals surface area contributed by atoms with Crippen molar-refractivity contribution in [1.29, 1.82) is 0 Å². The Kier molecular flexibility index (Phi) is 9.63. The van der Waals surface area contributed by atoms with E-state index in [4.69, 9.17) is 14.2 Å². The molecule has 2 aromatic carbocycles. The number of methoxy groups -OCH3 is 3. The minimum Gasteiger partial charge on any atom is -0.493 e. The Morgan fingerprint density at radius 1 is 1.09 bits per heavy atom. The molecule has 0 saturated carbocycles. The third kappa shape index (κ3) is 6.45. The number of hydrogen-bond donors (Lipinski definition) is 3. The molecule has 230 valence electrons. The number of fused-ring (bicyclic) bond motifs is 3. The monoisotopic (exact) mass is 591 g/mol. The third-order valence-corrected chi connectivity index (χ3v) is 8.09. The minimum absolute atomic E-state index is 0.0998. The van der Waals surface area contributed by atoms with Crippen LogP contribution in [0.3, 0.4) is 0 Å². The highest BCUT2D eigenvalue weighted by Crippen LogP contribution is 2.50. The number of benzene rings is 1. The van der Waals surface area contributed by atoms with Gasteiger partial charge in [0, 0.05) is 31.3 Å². The summed E-state index contributed by atoms with van der Waals surface area (Å²) < 4.78 is 18.8. The molecule has 0 saturated heterocycles. The van der Waals surface area contributed by atoms with Gasteiger partial charge in [0.2, 0.25) is 23.0 Å². The number of hydrogen-bond acceptors (Lipinski definition) is 8. The van der Waals surface area contributed by atoms with Gasteiger partial charge in [0.25, 0.3) is 0 Å². The van der Waals surface area contributed by atoms with Crippen molar-refractivity contribution in [2.24, 2.45) is 13.0 Å². The number of anilines is 2. The molecule has 1 heterocycles. The molecule has 4 rings (SSSR count). The smallest absolute Gasteiger partial charge is 0.248 e. The first-order valence-electron chi connectivity index (χ1n) is 14.4. The van der Waals surface area contributed by atoms with E-state index in [2.05, 4.69) is 21.0 Å². The SMILES string of the molecule is CC[C@H](C)[C@H](Nc1ccc2c(cc1=O)[C@@H](NC(C)=O)CCc1cc(OC)c(OC)c(OC)c1-2)C(=O)Nc1cc(C)n(C)n1. The van der Waals surface area contributed by atoms with Crippen LogP contribution in [0, 0.1) is 12.8 Å². The van der Waals surface area contributed by atoms with Crippen LogP contribution in [0.25, 0.3) is 11.1 Å². The van der Waals surface area contributed by atoms with E-state index in [1.54, 1.807) is 45.2 Å². The molecule has 11 nitrogen and oxygen atoms in total. The van der Waals surface area contributed by atoms with Crippen LogP contribution in [0.2, 0.25) is 0 Å². The minimum atomic E-state index is -0.709. The summed E-state index contributed by atoms with van der Waals surface area (Å²) in [6, 6.07) is 7.61. The molecule has 1 aliphatic rings. The number of nitrogens with one attached hydrogen (secondary N) is 3. The van der Waals surface area contributed by atoms with E-state index >= 15 is 0 Å². The zero-order chi connectivity index (χ0) is 31.4. The van der Waals surface area contributed by atoms with Crippen molar-refractivity contribution in [2.75, 3.05) is 32.0 Å². The van der Waals surface area contributed by atoms with Crippen molar-refractivity contribution < 1.29 is 23.8 Å². The number of aromatic nitrogens is 2. The molecule has 0 fully saturated rings. The lowest BCUT2D eigenvalue weighted by molar-refractivity contribution is -0.120. The maximum Gasteiger partial charge on any atom is 0.248 e. The number of rotatable bonds is 10. The number of carbonyl (C=O) groups is 2. The first kappa shape index (κ1) is 31.4. The Morgan fingerprint density at radius 3 is 2.40 bits per heavy atom. The Bertz CT molecular complexity index is 1560. The molecular weight excluding hydrogens is 550 g/mol. The number of amides is 2. The van der Waals surface area contributed by atoms with Crippen molar-refractivity contribution in [1.82, 2.24) is 15.1 Å². The fraction of sp³-hybridized carbons (Fsp3) is 0.438. The van der Waals surface area contributed by atoms with Crippen LogP contribution in [0.5, 0.6) is 17.2 Å². The van der Waals surface area contributed by atoms with Gasteiger partial charge in [0.1, 0.15) is 6.04 Å². The second-order valence-corrected chi connectivity index (χ2v) is 10.9. The highest BCUT2D eigenvalue weighted by Gasteiger charge is 2.30. The predicted octanol–water partition coefficient (Wildman–Crippen LogP) is 4.37. The molecule has 43 heavy (non-hydrogen) atoms. The summed E-state index contributed by atoms with van der Waals surface area (Å²) in [5.41, 5.74) is 3.89. The van der Waals surface area contributed by atoms with Crippen LogP contribution >= 0.6 is 0 Å². The average molecular weight is 592 g/mol. The Morgan fingerprint density at radius 2 is 1.81 bits per heavy atom. The summed E-state index contributed by atoms with van der Waals surface area (Å²) in [7, 11) is 6.47. The van der Waals surface area contributed by atoms with E-state index in [-0.39, 0.29) is 28.8 Å². The number of ether oxygens (including phenoxy) is 3. The Balaban J connectivity index is 1.86. The molecule has 2 amide bonds. The van der Waals surface area contributed by atoms with Gasteiger partial charge in [-0.3, -0.25) is 19.1 Å². The maximum absolute atomic E-state index is 13.8. The summed E-state index contributed by atoms with van der Waals surface area (Å²) in [6.45, 7) is 7.30. The summed E-state index contributed by atoms with van der Waals surface area (Å²) in [5, 5.41) is 13.5. The van der Waals surface area contributed by atoms with Crippen molar-refractivity contribution in [3.63, 3.8) is 0 Å². The quantitative estimate of drug-likeness (QED) is 0.317. The van der Waals surface area contributed by atoms with Gasteiger partial charge in [-0.1, -0.05) is 26.3 Å². The molecule has 0 unspecified atom stereocenters. The number of aryl methyl sites for hydroxylation is 3. The van der Waals surface area contributed by atoms with E-state index in [9.17, 15) is 14.4 Å². The van der Waals surface area contributed by atoms with Gasteiger partial charge in [-0.05, 0) is 60.6 Å². The lowest BCUT2D eigenvalue weighted by Crippen LogP contribution is -2.40. The van der Waals surface area contributed by atoms with E-state index < -0.39 is 12.1 Å². The van der Waals surface area contributed by atoms with Crippen molar-refractivity contribution in [3.8, 4) is 28.4 Å². The van der Waals surface area contributed by atoms with Gasteiger partial charge in [-0.15, -0.1) is 0 Å². The van der Waals surface area contributed by atoms with Gasteiger partial charge in [-0.2, -0.15) is 5.10 Å². The Labute approximate surface area is 251 Å². The summed E-state index contributed by atoms with van der Waals surface area (Å²) >= 11 is 0. The fourth-order valence-electron chi connectivity index (χ4n) is 5.52. The number of nitrogens with zero attached hydrogens (tertiary/aromatic N) is 2. The van der Waals surface area contributed by atoms with Crippen LogP contribution in [-0.2, 0) is 23.1 Å². The fourth-order valence-corrected chi connectivity index (χ4v) is 5.52.